The molecule has 1 aliphatic rings. The number of hydrazone groups is 1. The number of thiazole rings is 1. The van der Waals surface area contributed by atoms with Crippen LogP contribution in [0.3, 0.4) is 0 Å². The second-order valence-electron chi connectivity index (χ2n) is 6.18. The van der Waals surface area contributed by atoms with E-state index < -0.39 is 0 Å². The van der Waals surface area contributed by atoms with Crippen LogP contribution >= 0.6 is 11.3 Å². The Kier molecular flexibility index (Phi) is 4.72. The summed E-state index contributed by atoms with van der Waals surface area (Å²) in [7, 11) is 0. The van der Waals surface area contributed by atoms with Crippen LogP contribution in [0, 0.1) is 5.82 Å². The molecule has 25 heavy (non-hydrogen) atoms. The van der Waals surface area contributed by atoms with E-state index in [0.29, 0.717) is 0 Å². The van der Waals surface area contributed by atoms with Crippen LogP contribution in [0.25, 0.3) is 10.2 Å². The zero-order chi connectivity index (χ0) is 17.1. The van der Waals surface area contributed by atoms with Crippen LogP contribution in [0.5, 0.6) is 0 Å². The summed E-state index contributed by atoms with van der Waals surface area (Å²) in [4.78, 5) is 6.87. The van der Waals surface area contributed by atoms with E-state index in [1.54, 1.807) is 23.5 Å². The van der Waals surface area contributed by atoms with Crippen molar-refractivity contribution in [2.24, 2.45) is 5.10 Å². The van der Waals surface area contributed by atoms with Gasteiger partial charge in [0.1, 0.15) is 5.82 Å². The molecule has 0 saturated carbocycles. The number of anilines is 1. The summed E-state index contributed by atoms with van der Waals surface area (Å²) in [5.41, 5.74) is 6.29. The van der Waals surface area contributed by atoms with Crippen molar-refractivity contribution in [1.82, 2.24) is 9.88 Å². The van der Waals surface area contributed by atoms with E-state index in [4.69, 9.17) is 0 Å². The molecule has 1 aromatic heterocycles. The predicted molar refractivity (Wildman–Crippen MR) is 102 cm³/mol. The Morgan fingerprint density at radius 2 is 1.96 bits per heavy atom. The van der Waals surface area contributed by atoms with Crippen molar-refractivity contribution in [3.63, 3.8) is 0 Å². The van der Waals surface area contributed by atoms with Crippen molar-refractivity contribution in [1.29, 1.82) is 0 Å². The monoisotopic (exact) mass is 354 g/mol. The number of nitrogens with zero attached hydrogens (tertiary/aromatic N) is 3. The van der Waals surface area contributed by atoms with E-state index in [0.717, 1.165) is 59.1 Å². The van der Waals surface area contributed by atoms with E-state index in [-0.39, 0.29) is 5.82 Å². The minimum Gasteiger partial charge on any atom is -0.298 e. The number of fused-ring (bicyclic) bond motifs is 1. The van der Waals surface area contributed by atoms with Crippen LogP contribution in [-0.4, -0.2) is 28.7 Å². The lowest BCUT2D eigenvalue weighted by atomic mass is 10.1. The molecule has 0 bridgehead atoms. The molecule has 4 rings (SSSR count). The predicted octanol–water partition coefficient (Wildman–Crippen LogP) is 4.50. The molecule has 1 fully saturated rings. The maximum Gasteiger partial charge on any atom is 0.204 e. The molecule has 4 nitrogen and oxygen atoms in total. The third kappa shape index (κ3) is 4.03. The van der Waals surface area contributed by atoms with Gasteiger partial charge in [-0.2, -0.15) is 5.10 Å². The molecule has 1 N–H and O–H groups in total. The highest BCUT2D eigenvalue weighted by Gasteiger charge is 2.15. The van der Waals surface area contributed by atoms with Gasteiger partial charge in [-0.3, -0.25) is 10.3 Å². The van der Waals surface area contributed by atoms with Gasteiger partial charge in [0.15, 0.2) is 0 Å². The Labute approximate surface area is 150 Å². The number of likely N-dealkylation sites (tertiary alicyclic amines) is 1. The summed E-state index contributed by atoms with van der Waals surface area (Å²) >= 11 is 1.61. The highest BCUT2D eigenvalue weighted by molar-refractivity contribution is 7.22. The fourth-order valence-electron chi connectivity index (χ4n) is 3.02. The zero-order valence-corrected chi connectivity index (χ0v) is 14.6. The summed E-state index contributed by atoms with van der Waals surface area (Å²) in [5.74, 6) is -0.170. The number of piperidine rings is 1. The number of halogens is 1. The van der Waals surface area contributed by atoms with Crippen LogP contribution in [-0.2, 0) is 6.54 Å². The summed E-state index contributed by atoms with van der Waals surface area (Å²) in [6.45, 7) is 2.67. The Morgan fingerprint density at radius 1 is 1.12 bits per heavy atom. The third-order valence-electron chi connectivity index (χ3n) is 4.33. The standard InChI is InChI=1S/C19H19FN4S/c20-15-5-3-4-14(12-15)13-24-10-8-16(9-11-24)22-23-19-21-17-6-1-2-7-18(17)25-19/h1-7,12H,8-11,13H2,(H,21,23). The molecule has 2 heterocycles. The lowest BCUT2D eigenvalue weighted by Crippen LogP contribution is -2.33. The molecule has 0 amide bonds. The molecule has 0 atom stereocenters. The molecule has 1 saturated heterocycles. The minimum atomic E-state index is -0.170. The first-order valence-corrected chi connectivity index (χ1v) is 9.22. The maximum absolute atomic E-state index is 13.3. The van der Waals surface area contributed by atoms with Gasteiger partial charge in [-0.05, 0) is 29.8 Å². The number of hydrogen-bond donors (Lipinski definition) is 1. The van der Waals surface area contributed by atoms with Crippen LogP contribution < -0.4 is 5.43 Å². The molecule has 1 aliphatic heterocycles. The topological polar surface area (TPSA) is 40.5 Å². The van der Waals surface area contributed by atoms with E-state index in [2.05, 4.69) is 26.5 Å². The molecule has 0 aliphatic carbocycles. The fraction of sp³-hybridized carbons (Fsp3) is 0.263. The molecule has 0 spiro atoms. The summed E-state index contributed by atoms with van der Waals surface area (Å²) in [6.07, 6.45) is 1.85. The Balaban J connectivity index is 1.32. The molecule has 6 heteroatoms. The van der Waals surface area contributed by atoms with Crippen LogP contribution in [0.1, 0.15) is 18.4 Å². The van der Waals surface area contributed by atoms with E-state index in [9.17, 15) is 4.39 Å². The number of nitrogens with one attached hydrogen (secondary N) is 1. The largest absolute Gasteiger partial charge is 0.298 e. The highest BCUT2D eigenvalue weighted by Crippen LogP contribution is 2.25. The number of aromatic nitrogens is 1. The molecule has 2 aromatic carbocycles. The van der Waals surface area contributed by atoms with E-state index >= 15 is 0 Å². The summed E-state index contributed by atoms with van der Waals surface area (Å²) < 4.78 is 14.4. The van der Waals surface area contributed by atoms with Crippen molar-refractivity contribution in [3.8, 4) is 0 Å². The van der Waals surface area contributed by atoms with E-state index in [1.165, 1.54) is 6.07 Å². The number of benzene rings is 2. The Morgan fingerprint density at radius 3 is 2.76 bits per heavy atom. The summed E-state index contributed by atoms with van der Waals surface area (Å²) in [6, 6.07) is 14.9. The molecule has 128 valence electrons. The third-order valence-corrected chi connectivity index (χ3v) is 5.27. The first-order valence-electron chi connectivity index (χ1n) is 8.40. The van der Waals surface area contributed by atoms with Gasteiger partial charge in [-0.15, -0.1) is 0 Å². The SMILES string of the molecule is Fc1cccc(CN2CCC(=NNc3nc4ccccc4s3)CC2)c1. The van der Waals surface area contributed by atoms with Gasteiger partial charge in [0.05, 0.1) is 10.2 Å². The zero-order valence-electron chi connectivity index (χ0n) is 13.8. The van der Waals surface area contributed by atoms with Crippen molar-refractivity contribution in [2.75, 3.05) is 18.5 Å². The van der Waals surface area contributed by atoms with Crippen molar-refractivity contribution >= 4 is 32.4 Å². The van der Waals surface area contributed by atoms with Gasteiger partial charge >= 0.3 is 0 Å². The fourth-order valence-corrected chi connectivity index (χ4v) is 3.83. The lowest BCUT2D eigenvalue weighted by Gasteiger charge is -2.27. The molecule has 0 radical (unpaired) electrons. The molecule has 3 aromatic rings. The van der Waals surface area contributed by atoms with Gasteiger partial charge in [0.2, 0.25) is 5.13 Å². The number of hydrogen-bond acceptors (Lipinski definition) is 5. The average Bonchev–Trinajstić information content (AvgIpc) is 3.04. The van der Waals surface area contributed by atoms with Crippen LogP contribution in [0.2, 0.25) is 0 Å². The Bertz CT molecular complexity index is 862. The van der Waals surface area contributed by atoms with Crippen molar-refractivity contribution in [3.05, 3.63) is 59.9 Å². The maximum atomic E-state index is 13.3. The van der Waals surface area contributed by atoms with Gasteiger partial charge in [0.25, 0.3) is 0 Å². The normalized spacial score (nSPS) is 15.5. The molecular weight excluding hydrogens is 335 g/mol. The smallest absolute Gasteiger partial charge is 0.204 e. The highest BCUT2D eigenvalue weighted by atomic mass is 32.1. The Hall–Kier alpha value is -2.31. The second-order valence-corrected chi connectivity index (χ2v) is 7.21. The number of para-hydroxylation sites is 1. The first kappa shape index (κ1) is 16.2. The first-order chi connectivity index (χ1) is 12.3. The van der Waals surface area contributed by atoms with Gasteiger partial charge < -0.3 is 0 Å². The van der Waals surface area contributed by atoms with Crippen LogP contribution in [0.15, 0.2) is 53.6 Å². The average molecular weight is 354 g/mol. The quantitative estimate of drug-likeness (QED) is 0.701. The van der Waals surface area contributed by atoms with Gasteiger partial charge in [0, 0.05) is 38.2 Å². The number of rotatable bonds is 4. The van der Waals surface area contributed by atoms with Crippen LogP contribution in [0.4, 0.5) is 9.52 Å². The lowest BCUT2D eigenvalue weighted by molar-refractivity contribution is 0.266. The van der Waals surface area contributed by atoms with Crippen molar-refractivity contribution < 1.29 is 4.39 Å². The minimum absolute atomic E-state index is 0.170. The summed E-state index contributed by atoms with van der Waals surface area (Å²) in [5, 5.41) is 5.36. The van der Waals surface area contributed by atoms with E-state index in [1.807, 2.05) is 24.3 Å². The van der Waals surface area contributed by atoms with Gasteiger partial charge in [-0.25, -0.2) is 9.37 Å². The second kappa shape index (κ2) is 7.29. The molecule has 0 unspecified atom stereocenters. The van der Waals surface area contributed by atoms with Gasteiger partial charge in [-0.1, -0.05) is 35.6 Å². The van der Waals surface area contributed by atoms with Crippen molar-refractivity contribution in [2.45, 2.75) is 19.4 Å². The molecular formula is C19H19FN4S.